The summed E-state index contributed by atoms with van der Waals surface area (Å²) in [4.78, 5) is 12.7. The third-order valence-electron chi connectivity index (χ3n) is 3.51. The lowest BCUT2D eigenvalue weighted by atomic mass is 9.82. The van der Waals surface area contributed by atoms with E-state index in [-0.39, 0.29) is 11.5 Å². The minimum atomic E-state index is -0.847. The van der Waals surface area contributed by atoms with Crippen LogP contribution >= 0.6 is 0 Å². The van der Waals surface area contributed by atoms with Crippen LogP contribution in [0.15, 0.2) is 0 Å². The number of nitrogens with zero attached hydrogens (tertiary/aromatic N) is 2. The molecule has 1 saturated carbocycles. The van der Waals surface area contributed by atoms with E-state index in [1.807, 2.05) is 20.8 Å². The maximum Gasteiger partial charge on any atom is 0.407 e. The molecule has 96 valence electrons. The van der Waals surface area contributed by atoms with Gasteiger partial charge in [0, 0.05) is 18.0 Å². The van der Waals surface area contributed by atoms with E-state index in [0.717, 1.165) is 25.7 Å². The molecule has 0 aromatic carbocycles. The number of hydrogen-bond donors (Lipinski definition) is 1. The van der Waals surface area contributed by atoms with Crippen molar-refractivity contribution in [3.63, 3.8) is 0 Å². The van der Waals surface area contributed by atoms with Gasteiger partial charge in [0.15, 0.2) is 0 Å². The molecule has 1 N–H and O–H groups in total. The molecule has 1 aliphatic carbocycles. The van der Waals surface area contributed by atoms with Gasteiger partial charge < -0.3 is 10.0 Å². The largest absolute Gasteiger partial charge is 0.465 e. The van der Waals surface area contributed by atoms with Crippen molar-refractivity contribution in [2.45, 2.75) is 52.0 Å². The minimum absolute atomic E-state index is 0.180. The summed E-state index contributed by atoms with van der Waals surface area (Å²) < 4.78 is 0. The van der Waals surface area contributed by atoms with Gasteiger partial charge in [-0.2, -0.15) is 5.26 Å². The summed E-state index contributed by atoms with van der Waals surface area (Å²) in [6.07, 6.45) is 2.92. The highest BCUT2D eigenvalue weighted by atomic mass is 16.4. The molecule has 1 fully saturated rings. The van der Waals surface area contributed by atoms with Crippen molar-refractivity contribution in [2.75, 3.05) is 6.54 Å². The lowest BCUT2D eigenvalue weighted by Gasteiger charge is -2.37. The predicted octanol–water partition coefficient (Wildman–Crippen LogP) is 3.09. The number of amides is 1. The number of nitriles is 1. The molecule has 0 radical (unpaired) electrons. The first-order chi connectivity index (χ1) is 7.84. The van der Waals surface area contributed by atoms with Crippen molar-refractivity contribution >= 4 is 6.09 Å². The Hall–Kier alpha value is -1.24. The number of carbonyl (C=O) groups is 1. The first-order valence-corrected chi connectivity index (χ1v) is 6.24. The fourth-order valence-electron chi connectivity index (χ4n) is 2.37. The molecular formula is C13H22N2O2. The summed E-state index contributed by atoms with van der Waals surface area (Å²) in [5.41, 5.74) is -0.349. The van der Waals surface area contributed by atoms with E-state index < -0.39 is 6.09 Å². The molecule has 4 nitrogen and oxygen atoms in total. The Labute approximate surface area is 103 Å². The quantitative estimate of drug-likeness (QED) is 0.804. The molecule has 0 saturated heterocycles. The van der Waals surface area contributed by atoms with Gasteiger partial charge >= 0.3 is 6.09 Å². The van der Waals surface area contributed by atoms with E-state index in [2.05, 4.69) is 6.07 Å². The zero-order valence-corrected chi connectivity index (χ0v) is 10.9. The molecule has 1 amide bonds. The molecule has 1 aliphatic rings. The van der Waals surface area contributed by atoms with E-state index in [9.17, 15) is 9.90 Å². The van der Waals surface area contributed by atoms with Gasteiger partial charge in [0.25, 0.3) is 0 Å². The van der Waals surface area contributed by atoms with Gasteiger partial charge in [-0.1, -0.05) is 0 Å². The summed E-state index contributed by atoms with van der Waals surface area (Å²) in [7, 11) is 0. The smallest absolute Gasteiger partial charge is 0.407 e. The van der Waals surface area contributed by atoms with E-state index >= 15 is 0 Å². The van der Waals surface area contributed by atoms with Crippen LogP contribution in [-0.2, 0) is 0 Å². The third kappa shape index (κ3) is 3.92. The second-order valence-corrected chi connectivity index (χ2v) is 5.91. The van der Waals surface area contributed by atoms with Gasteiger partial charge in [-0.25, -0.2) is 4.79 Å². The molecule has 4 heteroatoms. The van der Waals surface area contributed by atoms with E-state index in [1.54, 1.807) is 0 Å². The highest BCUT2D eigenvalue weighted by molar-refractivity contribution is 5.66. The molecular weight excluding hydrogens is 216 g/mol. The van der Waals surface area contributed by atoms with Crippen molar-refractivity contribution in [3.8, 4) is 6.07 Å². The molecule has 0 atom stereocenters. The first-order valence-electron chi connectivity index (χ1n) is 6.24. The number of rotatable bonds is 2. The summed E-state index contributed by atoms with van der Waals surface area (Å²) >= 11 is 0. The fraction of sp³-hybridized carbons (Fsp3) is 0.846. The normalized spacial score (nSPS) is 25.1. The van der Waals surface area contributed by atoms with Crippen molar-refractivity contribution in [1.82, 2.24) is 4.90 Å². The lowest BCUT2D eigenvalue weighted by Crippen LogP contribution is -2.47. The average Bonchev–Trinajstić information content (AvgIpc) is 2.24. The van der Waals surface area contributed by atoms with Crippen molar-refractivity contribution < 1.29 is 9.90 Å². The zero-order valence-electron chi connectivity index (χ0n) is 10.9. The highest BCUT2D eigenvalue weighted by Crippen LogP contribution is 2.30. The van der Waals surface area contributed by atoms with Crippen molar-refractivity contribution in [1.29, 1.82) is 5.26 Å². The van der Waals surface area contributed by atoms with Crippen molar-refractivity contribution in [2.24, 2.45) is 11.8 Å². The second-order valence-electron chi connectivity index (χ2n) is 5.91. The number of hydrogen-bond acceptors (Lipinski definition) is 2. The lowest BCUT2D eigenvalue weighted by molar-refractivity contribution is 0.0815. The van der Waals surface area contributed by atoms with Crippen LogP contribution in [0, 0.1) is 23.2 Å². The summed E-state index contributed by atoms with van der Waals surface area (Å²) in [6.45, 7) is 6.35. The van der Waals surface area contributed by atoms with Crippen LogP contribution in [0.25, 0.3) is 0 Å². The maximum atomic E-state index is 11.2. The molecule has 0 bridgehead atoms. The summed E-state index contributed by atoms with van der Waals surface area (Å²) in [6, 6.07) is 2.30. The fourth-order valence-corrected chi connectivity index (χ4v) is 2.37. The van der Waals surface area contributed by atoms with E-state index in [0.29, 0.717) is 12.5 Å². The predicted molar refractivity (Wildman–Crippen MR) is 65.5 cm³/mol. The van der Waals surface area contributed by atoms with Gasteiger partial charge in [0.1, 0.15) is 0 Å². The Morgan fingerprint density at radius 1 is 1.35 bits per heavy atom. The Morgan fingerprint density at radius 3 is 2.24 bits per heavy atom. The highest BCUT2D eigenvalue weighted by Gasteiger charge is 2.30. The summed E-state index contributed by atoms with van der Waals surface area (Å²) in [5.74, 6) is 0.592. The van der Waals surface area contributed by atoms with Gasteiger partial charge in [0.2, 0.25) is 0 Å². The van der Waals surface area contributed by atoms with E-state index in [4.69, 9.17) is 5.26 Å². The summed E-state index contributed by atoms with van der Waals surface area (Å²) in [5, 5.41) is 18.0. The standard InChI is InChI=1S/C13H22N2O2/c1-13(2,3)15(12(16)17)9-11-6-4-10(8-14)5-7-11/h10-11H,4-7,9H2,1-3H3,(H,16,17). The van der Waals surface area contributed by atoms with Crippen LogP contribution in [0.1, 0.15) is 46.5 Å². The topological polar surface area (TPSA) is 64.3 Å². The third-order valence-corrected chi connectivity index (χ3v) is 3.51. The molecule has 0 spiro atoms. The molecule has 1 rings (SSSR count). The maximum absolute atomic E-state index is 11.2. The Morgan fingerprint density at radius 2 is 1.88 bits per heavy atom. The first kappa shape index (κ1) is 13.8. The van der Waals surface area contributed by atoms with Crippen LogP contribution in [0.2, 0.25) is 0 Å². The number of carboxylic acid groups (broad SMARTS) is 1. The Kier molecular flexibility index (Phi) is 4.39. The van der Waals surface area contributed by atoms with Crippen LogP contribution in [0.5, 0.6) is 0 Å². The molecule has 0 aromatic rings. The second kappa shape index (κ2) is 5.39. The van der Waals surface area contributed by atoms with Crippen molar-refractivity contribution in [3.05, 3.63) is 0 Å². The van der Waals surface area contributed by atoms with Crippen LogP contribution in [0.3, 0.4) is 0 Å². The minimum Gasteiger partial charge on any atom is -0.465 e. The Bertz CT molecular complexity index is 306. The monoisotopic (exact) mass is 238 g/mol. The van der Waals surface area contributed by atoms with Gasteiger partial charge in [-0.15, -0.1) is 0 Å². The van der Waals surface area contributed by atoms with Gasteiger partial charge in [0.05, 0.1) is 6.07 Å². The van der Waals surface area contributed by atoms with Crippen LogP contribution in [0.4, 0.5) is 4.79 Å². The molecule has 0 aromatic heterocycles. The van der Waals surface area contributed by atoms with Crippen LogP contribution < -0.4 is 0 Å². The van der Waals surface area contributed by atoms with Gasteiger partial charge in [-0.3, -0.25) is 0 Å². The van der Waals surface area contributed by atoms with Gasteiger partial charge in [-0.05, 0) is 52.4 Å². The SMILES string of the molecule is CC(C)(C)N(CC1CCC(C#N)CC1)C(=O)O. The molecule has 0 unspecified atom stereocenters. The van der Waals surface area contributed by atoms with Crippen LogP contribution in [-0.4, -0.2) is 28.2 Å². The molecule has 17 heavy (non-hydrogen) atoms. The van der Waals surface area contributed by atoms with E-state index in [1.165, 1.54) is 4.90 Å². The average molecular weight is 238 g/mol. The molecule has 0 aliphatic heterocycles. The molecule has 0 heterocycles. The zero-order chi connectivity index (χ0) is 13.1. The Balaban J connectivity index is 2.53.